The Balaban J connectivity index is 2.98. The van der Waals surface area contributed by atoms with Crippen LogP contribution in [0.2, 0.25) is 0 Å². The molecule has 0 aliphatic heterocycles. The molecule has 0 saturated carbocycles. The SMILES string of the molecule is CCOc1cccc(C(C)C(C)C(CN)CN)c1O. The van der Waals surface area contributed by atoms with Gasteiger partial charge in [-0.1, -0.05) is 26.0 Å². The van der Waals surface area contributed by atoms with Crippen molar-refractivity contribution < 1.29 is 9.84 Å². The molecule has 0 spiro atoms. The Morgan fingerprint density at radius 1 is 1.21 bits per heavy atom. The van der Waals surface area contributed by atoms with Crippen LogP contribution in [0.25, 0.3) is 0 Å². The number of phenols is 1. The fraction of sp³-hybridized carbons (Fsp3) is 0.600. The molecule has 1 aromatic rings. The molecule has 2 unspecified atom stereocenters. The Morgan fingerprint density at radius 2 is 1.84 bits per heavy atom. The Hall–Kier alpha value is -1.26. The first-order valence-corrected chi connectivity index (χ1v) is 6.91. The van der Waals surface area contributed by atoms with E-state index in [0.29, 0.717) is 31.4 Å². The highest BCUT2D eigenvalue weighted by atomic mass is 16.5. The molecule has 0 fully saturated rings. The molecule has 5 N–H and O–H groups in total. The standard InChI is InChI=1S/C15H26N2O2/c1-4-19-14-7-5-6-13(15(14)18)11(3)10(2)12(8-16)9-17/h5-7,10-12,18H,4,8-9,16-17H2,1-3H3. The lowest BCUT2D eigenvalue weighted by Gasteiger charge is -2.28. The fourth-order valence-electron chi connectivity index (χ4n) is 2.40. The number of aromatic hydroxyl groups is 1. The highest BCUT2D eigenvalue weighted by molar-refractivity contribution is 5.47. The van der Waals surface area contributed by atoms with Gasteiger partial charge in [0.2, 0.25) is 0 Å². The maximum atomic E-state index is 10.3. The summed E-state index contributed by atoms with van der Waals surface area (Å²) in [6.07, 6.45) is 0. The summed E-state index contributed by atoms with van der Waals surface area (Å²) >= 11 is 0. The third kappa shape index (κ3) is 3.61. The number of hydrogen-bond donors (Lipinski definition) is 3. The highest BCUT2D eigenvalue weighted by Crippen LogP contribution is 2.39. The van der Waals surface area contributed by atoms with Crippen LogP contribution in [0.4, 0.5) is 0 Å². The van der Waals surface area contributed by atoms with Crippen LogP contribution >= 0.6 is 0 Å². The number of phenolic OH excluding ortho intramolecular Hbond substituents is 1. The summed E-state index contributed by atoms with van der Waals surface area (Å²) in [5, 5.41) is 10.3. The van der Waals surface area contributed by atoms with Crippen LogP contribution in [0.15, 0.2) is 18.2 Å². The van der Waals surface area contributed by atoms with E-state index in [-0.39, 0.29) is 17.6 Å². The van der Waals surface area contributed by atoms with Gasteiger partial charge in [0.05, 0.1) is 6.61 Å². The molecule has 0 heterocycles. The summed E-state index contributed by atoms with van der Waals surface area (Å²) in [5.41, 5.74) is 12.4. The average Bonchev–Trinajstić information content (AvgIpc) is 2.42. The first-order chi connectivity index (χ1) is 9.06. The summed E-state index contributed by atoms with van der Waals surface area (Å²) in [6, 6.07) is 5.62. The summed E-state index contributed by atoms with van der Waals surface area (Å²) in [5.74, 6) is 1.51. The van der Waals surface area contributed by atoms with Crippen molar-refractivity contribution in [1.29, 1.82) is 0 Å². The monoisotopic (exact) mass is 266 g/mol. The van der Waals surface area contributed by atoms with Crippen molar-refractivity contribution in [2.24, 2.45) is 23.3 Å². The molecule has 2 atom stereocenters. The van der Waals surface area contributed by atoms with Crippen molar-refractivity contribution in [3.63, 3.8) is 0 Å². The van der Waals surface area contributed by atoms with Gasteiger partial charge in [-0.3, -0.25) is 0 Å². The minimum atomic E-state index is 0.178. The first kappa shape index (κ1) is 15.8. The van der Waals surface area contributed by atoms with E-state index in [0.717, 1.165) is 5.56 Å². The van der Waals surface area contributed by atoms with Gasteiger partial charge in [0.25, 0.3) is 0 Å². The van der Waals surface area contributed by atoms with Crippen LogP contribution in [0, 0.1) is 11.8 Å². The topological polar surface area (TPSA) is 81.5 Å². The molecular weight excluding hydrogens is 240 g/mol. The number of nitrogens with two attached hydrogens (primary N) is 2. The third-order valence-corrected chi connectivity index (χ3v) is 3.96. The molecule has 0 saturated heterocycles. The van der Waals surface area contributed by atoms with Crippen LogP contribution in [0.1, 0.15) is 32.3 Å². The van der Waals surface area contributed by atoms with Gasteiger partial charge < -0.3 is 21.3 Å². The molecule has 19 heavy (non-hydrogen) atoms. The van der Waals surface area contributed by atoms with Gasteiger partial charge in [0.15, 0.2) is 11.5 Å². The van der Waals surface area contributed by atoms with Crippen molar-refractivity contribution in [1.82, 2.24) is 0 Å². The van der Waals surface area contributed by atoms with Gasteiger partial charge in [0, 0.05) is 5.56 Å². The molecule has 0 amide bonds. The van der Waals surface area contributed by atoms with Crippen molar-refractivity contribution in [2.45, 2.75) is 26.7 Å². The zero-order valence-corrected chi connectivity index (χ0v) is 12.1. The Kier molecular flexibility index (Phi) is 6.12. The smallest absolute Gasteiger partial charge is 0.161 e. The van der Waals surface area contributed by atoms with E-state index in [1.807, 2.05) is 19.1 Å². The number of hydrogen-bond acceptors (Lipinski definition) is 4. The highest BCUT2D eigenvalue weighted by Gasteiger charge is 2.24. The predicted octanol–water partition coefficient (Wildman–Crippen LogP) is 2.06. The van der Waals surface area contributed by atoms with Gasteiger partial charge in [0.1, 0.15) is 0 Å². The van der Waals surface area contributed by atoms with Crippen molar-refractivity contribution in [3.05, 3.63) is 23.8 Å². The molecule has 1 rings (SSSR count). The van der Waals surface area contributed by atoms with Crippen LogP contribution in [-0.2, 0) is 0 Å². The second kappa shape index (κ2) is 7.36. The number of para-hydroxylation sites is 1. The van der Waals surface area contributed by atoms with E-state index >= 15 is 0 Å². The molecule has 0 aliphatic carbocycles. The van der Waals surface area contributed by atoms with Gasteiger partial charge in [-0.15, -0.1) is 0 Å². The molecule has 0 aliphatic rings. The van der Waals surface area contributed by atoms with Crippen molar-refractivity contribution in [2.75, 3.05) is 19.7 Å². The van der Waals surface area contributed by atoms with Crippen molar-refractivity contribution >= 4 is 0 Å². The van der Waals surface area contributed by atoms with Crippen LogP contribution < -0.4 is 16.2 Å². The van der Waals surface area contributed by atoms with E-state index in [2.05, 4.69) is 13.8 Å². The van der Waals surface area contributed by atoms with E-state index in [4.69, 9.17) is 16.2 Å². The van der Waals surface area contributed by atoms with Crippen molar-refractivity contribution in [3.8, 4) is 11.5 Å². The van der Waals surface area contributed by atoms with E-state index in [9.17, 15) is 5.11 Å². The van der Waals surface area contributed by atoms with E-state index < -0.39 is 0 Å². The van der Waals surface area contributed by atoms with E-state index in [1.54, 1.807) is 6.07 Å². The normalized spacial score (nSPS) is 14.4. The van der Waals surface area contributed by atoms with Gasteiger partial charge in [-0.2, -0.15) is 0 Å². The summed E-state index contributed by atoms with van der Waals surface area (Å²) in [4.78, 5) is 0. The molecule has 4 nitrogen and oxygen atoms in total. The van der Waals surface area contributed by atoms with Crippen LogP contribution in [-0.4, -0.2) is 24.8 Å². The lowest BCUT2D eigenvalue weighted by molar-refractivity contribution is 0.302. The summed E-state index contributed by atoms with van der Waals surface area (Å²) in [6.45, 7) is 7.78. The van der Waals surface area contributed by atoms with Crippen LogP contribution in [0.5, 0.6) is 11.5 Å². The first-order valence-electron chi connectivity index (χ1n) is 6.91. The second-order valence-electron chi connectivity index (χ2n) is 5.01. The maximum Gasteiger partial charge on any atom is 0.161 e. The molecule has 0 radical (unpaired) electrons. The number of benzene rings is 1. The van der Waals surface area contributed by atoms with Gasteiger partial charge in [-0.05, 0) is 43.8 Å². The number of rotatable bonds is 7. The lowest BCUT2D eigenvalue weighted by Crippen LogP contribution is -2.31. The predicted molar refractivity (Wildman–Crippen MR) is 78.5 cm³/mol. The van der Waals surface area contributed by atoms with Crippen LogP contribution in [0.3, 0.4) is 0 Å². The summed E-state index contributed by atoms with van der Waals surface area (Å²) in [7, 11) is 0. The Morgan fingerprint density at radius 3 is 2.37 bits per heavy atom. The third-order valence-electron chi connectivity index (χ3n) is 3.96. The maximum absolute atomic E-state index is 10.3. The Bertz CT molecular complexity index is 392. The largest absolute Gasteiger partial charge is 0.504 e. The molecule has 4 heteroatoms. The molecule has 0 bridgehead atoms. The fourth-order valence-corrected chi connectivity index (χ4v) is 2.40. The molecule has 0 aromatic heterocycles. The Labute approximate surface area is 115 Å². The number of ether oxygens (including phenoxy) is 1. The molecule has 108 valence electrons. The summed E-state index contributed by atoms with van der Waals surface area (Å²) < 4.78 is 5.42. The quantitative estimate of drug-likeness (QED) is 0.705. The lowest BCUT2D eigenvalue weighted by atomic mass is 9.80. The zero-order chi connectivity index (χ0) is 14.4. The van der Waals surface area contributed by atoms with Gasteiger partial charge in [-0.25, -0.2) is 0 Å². The minimum Gasteiger partial charge on any atom is -0.504 e. The minimum absolute atomic E-state index is 0.178. The molecule has 1 aromatic carbocycles. The van der Waals surface area contributed by atoms with Gasteiger partial charge >= 0.3 is 0 Å². The average molecular weight is 266 g/mol. The zero-order valence-electron chi connectivity index (χ0n) is 12.1. The second-order valence-corrected chi connectivity index (χ2v) is 5.01. The van der Waals surface area contributed by atoms with E-state index in [1.165, 1.54) is 0 Å². The molecular formula is C15H26N2O2.